The van der Waals surface area contributed by atoms with Crippen molar-refractivity contribution in [2.24, 2.45) is 11.8 Å². The Morgan fingerprint density at radius 3 is 2.54 bits per heavy atom. The summed E-state index contributed by atoms with van der Waals surface area (Å²) in [5.74, 6) is 0.365. The van der Waals surface area contributed by atoms with E-state index in [1.165, 1.54) is 10.9 Å². The van der Waals surface area contributed by atoms with Crippen LogP contribution in [0.25, 0.3) is 6.08 Å². The average Bonchev–Trinajstić information content (AvgIpc) is 3.12. The average molecular weight is 400 g/mol. The van der Waals surface area contributed by atoms with Gasteiger partial charge in [-0.05, 0) is 38.5 Å². The topological polar surface area (TPSA) is 35.6 Å². The third-order valence-electron chi connectivity index (χ3n) is 5.74. The maximum Gasteiger partial charge on any atom is 0.435 e. The highest BCUT2D eigenvalue weighted by atomic mass is 19.4. The number of rotatable bonds is 5. The van der Waals surface area contributed by atoms with Gasteiger partial charge in [0.05, 0.1) is 0 Å². The maximum absolute atomic E-state index is 13.5. The van der Waals surface area contributed by atoms with Crippen molar-refractivity contribution in [3.8, 4) is 0 Å². The molecule has 2 aliphatic rings. The van der Waals surface area contributed by atoms with Crippen molar-refractivity contribution in [3.63, 3.8) is 0 Å². The Hall–Kier alpha value is -2.19. The van der Waals surface area contributed by atoms with Gasteiger partial charge in [0.15, 0.2) is 5.69 Å². The molecule has 0 saturated heterocycles. The largest absolute Gasteiger partial charge is 0.435 e. The summed E-state index contributed by atoms with van der Waals surface area (Å²) in [6.07, 6.45) is -3.54. The summed E-state index contributed by atoms with van der Waals surface area (Å²) in [5.41, 5.74) is 0.223. The van der Waals surface area contributed by atoms with E-state index in [0.29, 0.717) is 12.0 Å². The van der Waals surface area contributed by atoms with Gasteiger partial charge >= 0.3 is 6.18 Å². The SMILES string of the molecule is C=Cc1cn(CC2Cc3c(C(F)F)nn(C(C)C)c3C3CC23)nc1C(F)(F)F. The van der Waals surface area contributed by atoms with E-state index in [1.807, 2.05) is 13.8 Å². The molecule has 0 aliphatic heterocycles. The van der Waals surface area contributed by atoms with Gasteiger partial charge in [-0.3, -0.25) is 9.36 Å². The van der Waals surface area contributed by atoms with Gasteiger partial charge in [-0.2, -0.15) is 23.4 Å². The summed E-state index contributed by atoms with van der Waals surface area (Å²) in [7, 11) is 0. The number of hydrogen-bond donors (Lipinski definition) is 0. The van der Waals surface area contributed by atoms with Crippen molar-refractivity contribution in [1.82, 2.24) is 19.6 Å². The Morgan fingerprint density at radius 1 is 1.29 bits per heavy atom. The van der Waals surface area contributed by atoms with Crippen LogP contribution < -0.4 is 0 Å². The molecule has 0 aromatic carbocycles. The maximum atomic E-state index is 13.5. The van der Waals surface area contributed by atoms with Crippen LogP contribution in [0.5, 0.6) is 0 Å². The summed E-state index contributed by atoms with van der Waals surface area (Å²) in [6, 6.07) is -0.0188. The molecule has 0 bridgehead atoms. The molecule has 2 aromatic rings. The number of nitrogens with zero attached hydrogens (tertiary/aromatic N) is 4. The number of aromatic nitrogens is 4. The number of alkyl halides is 5. The summed E-state index contributed by atoms with van der Waals surface area (Å²) >= 11 is 0. The summed E-state index contributed by atoms with van der Waals surface area (Å²) < 4.78 is 69.4. The van der Waals surface area contributed by atoms with Gasteiger partial charge in [0.1, 0.15) is 5.69 Å². The lowest BCUT2D eigenvalue weighted by molar-refractivity contribution is -0.141. The van der Waals surface area contributed by atoms with Gasteiger partial charge in [-0.25, -0.2) is 8.78 Å². The van der Waals surface area contributed by atoms with E-state index in [-0.39, 0.29) is 41.6 Å². The molecule has 1 saturated carbocycles. The molecule has 28 heavy (non-hydrogen) atoms. The highest BCUT2D eigenvalue weighted by molar-refractivity contribution is 5.49. The van der Waals surface area contributed by atoms with E-state index in [1.54, 1.807) is 4.68 Å². The molecular formula is C19H21F5N4. The van der Waals surface area contributed by atoms with Crippen LogP contribution in [0.15, 0.2) is 12.8 Å². The van der Waals surface area contributed by atoms with Crippen molar-refractivity contribution in [2.45, 2.75) is 57.8 Å². The fourth-order valence-electron chi connectivity index (χ4n) is 4.48. The van der Waals surface area contributed by atoms with Crippen LogP contribution >= 0.6 is 0 Å². The Kier molecular flexibility index (Phi) is 4.39. The van der Waals surface area contributed by atoms with E-state index in [4.69, 9.17) is 0 Å². The lowest BCUT2D eigenvalue weighted by atomic mass is 9.86. The molecule has 9 heteroatoms. The van der Waals surface area contributed by atoms with Crippen LogP contribution in [-0.2, 0) is 19.1 Å². The zero-order chi connectivity index (χ0) is 20.4. The Morgan fingerprint density at radius 2 is 2.00 bits per heavy atom. The fourth-order valence-corrected chi connectivity index (χ4v) is 4.48. The third-order valence-corrected chi connectivity index (χ3v) is 5.74. The van der Waals surface area contributed by atoms with Crippen molar-refractivity contribution in [2.75, 3.05) is 0 Å². The lowest BCUT2D eigenvalue weighted by Gasteiger charge is -2.24. The fraction of sp³-hybridized carbons (Fsp3) is 0.579. The third kappa shape index (κ3) is 3.04. The van der Waals surface area contributed by atoms with E-state index < -0.39 is 18.3 Å². The normalized spacial score (nSPS) is 23.8. The first-order valence-corrected chi connectivity index (χ1v) is 9.28. The minimum Gasteiger partial charge on any atom is -0.271 e. The molecule has 1 fully saturated rings. The predicted molar refractivity (Wildman–Crippen MR) is 92.9 cm³/mol. The molecule has 0 radical (unpaired) electrons. The molecule has 3 atom stereocenters. The first kappa shape index (κ1) is 19.1. The number of halogens is 5. The Labute approximate surface area is 159 Å². The summed E-state index contributed by atoms with van der Waals surface area (Å²) in [4.78, 5) is 0. The number of fused-ring (bicyclic) bond motifs is 3. The van der Waals surface area contributed by atoms with E-state index in [9.17, 15) is 22.0 Å². The summed E-state index contributed by atoms with van der Waals surface area (Å²) in [5, 5.41) is 7.85. The molecule has 0 amide bonds. The van der Waals surface area contributed by atoms with Crippen LogP contribution in [0.3, 0.4) is 0 Å². The first-order valence-electron chi connectivity index (χ1n) is 9.28. The molecule has 0 spiro atoms. The monoisotopic (exact) mass is 400 g/mol. The van der Waals surface area contributed by atoms with Crippen LogP contribution in [0, 0.1) is 11.8 Å². The van der Waals surface area contributed by atoms with E-state index in [0.717, 1.165) is 18.2 Å². The highest BCUT2D eigenvalue weighted by Crippen LogP contribution is 2.58. The van der Waals surface area contributed by atoms with Crippen LogP contribution in [0.2, 0.25) is 0 Å². The molecule has 4 rings (SSSR count). The second kappa shape index (κ2) is 6.42. The highest BCUT2D eigenvalue weighted by Gasteiger charge is 2.52. The quantitative estimate of drug-likeness (QED) is 0.644. The Balaban J connectivity index is 1.64. The molecule has 2 aromatic heterocycles. The molecule has 0 N–H and O–H groups in total. The number of hydrogen-bond acceptors (Lipinski definition) is 2. The van der Waals surface area contributed by atoms with Crippen molar-refractivity contribution in [1.29, 1.82) is 0 Å². The lowest BCUT2D eigenvalue weighted by Crippen LogP contribution is -2.22. The molecule has 3 unspecified atom stereocenters. The smallest absolute Gasteiger partial charge is 0.271 e. The van der Waals surface area contributed by atoms with Crippen molar-refractivity contribution < 1.29 is 22.0 Å². The van der Waals surface area contributed by atoms with Gasteiger partial charge in [-0.1, -0.05) is 12.7 Å². The molecule has 4 nitrogen and oxygen atoms in total. The van der Waals surface area contributed by atoms with Crippen LogP contribution in [0.4, 0.5) is 22.0 Å². The van der Waals surface area contributed by atoms with Gasteiger partial charge < -0.3 is 0 Å². The van der Waals surface area contributed by atoms with E-state index in [2.05, 4.69) is 16.8 Å². The van der Waals surface area contributed by atoms with Crippen molar-refractivity contribution in [3.05, 3.63) is 41.0 Å². The summed E-state index contributed by atoms with van der Waals surface area (Å²) in [6.45, 7) is 7.49. The molecule has 2 aliphatic carbocycles. The van der Waals surface area contributed by atoms with Crippen LogP contribution in [0.1, 0.15) is 66.9 Å². The predicted octanol–water partition coefficient (Wildman–Crippen LogP) is 5.24. The van der Waals surface area contributed by atoms with E-state index >= 15 is 0 Å². The minimum absolute atomic E-state index is 0.0188. The van der Waals surface area contributed by atoms with Gasteiger partial charge in [-0.15, -0.1) is 0 Å². The Bertz CT molecular complexity index is 908. The molecular weight excluding hydrogens is 379 g/mol. The zero-order valence-electron chi connectivity index (χ0n) is 15.5. The minimum atomic E-state index is -4.56. The second-order valence-electron chi connectivity index (χ2n) is 7.92. The first-order chi connectivity index (χ1) is 13.1. The zero-order valence-corrected chi connectivity index (χ0v) is 15.5. The van der Waals surface area contributed by atoms with Gasteiger partial charge in [0.2, 0.25) is 0 Å². The second-order valence-corrected chi connectivity index (χ2v) is 7.92. The van der Waals surface area contributed by atoms with Crippen molar-refractivity contribution >= 4 is 6.08 Å². The van der Waals surface area contributed by atoms with Gasteiger partial charge in [0.25, 0.3) is 6.43 Å². The van der Waals surface area contributed by atoms with Crippen LogP contribution in [-0.4, -0.2) is 19.6 Å². The standard InChI is InChI=1S/C19H21F5N4/c1-4-10-7-27(26-17(10)19(22,23)24)8-11-5-14-15(18(20)21)25-28(9(2)3)16(14)13-6-12(11)13/h4,7,9,11-13,18H,1,5-6,8H2,2-3H3. The molecule has 2 heterocycles. The molecule has 152 valence electrons. The van der Waals surface area contributed by atoms with Gasteiger partial charge in [0, 0.05) is 41.5 Å².